The van der Waals surface area contributed by atoms with Gasteiger partial charge in [-0.1, -0.05) is 34.6 Å². The molecule has 1 heterocycles. The van der Waals surface area contributed by atoms with Crippen molar-refractivity contribution in [1.29, 1.82) is 0 Å². The van der Waals surface area contributed by atoms with Crippen molar-refractivity contribution in [3.8, 4) is 5.75 Å². The van der Waals surface area contributed by atoms with E-state index in [-0.39, 0.29) is 52.4 Å². The summed E-state index contributed by atoms with van der Waals surface area (Å²) in [5.74, 6) is -15.6. The van der Waals surface area contributed by atoms with Gasteiger partial charge in [0.2, 0.25) is 0 Å². The first-order valence-electron chi connectivity index (χ1n) is 10.7. The highest BCUT2D eigenvalue weighted by Gasteiger charge is 2.86. The minimum Gasteiger partial charge on any atom is -0.434 e. The molecule has 2 aromatic rings. The monoisotopic (exact) mass is 602 g/mol. The zero-order valence-electron chi connectivity index (χ0n) is 19.2. The first-order valence-corrected chi connectivity index (χ1v) is 14.0. The summed E-state index contributed by atoms with van der Waals surface area (Å²) in [6.07, 6.45) is -8.03. The van der Waals surface area contributed by atoms with Gasteiger partial charge in [-0.25, -0.2) is 8.42 Å². The van der Waals surface area contributed by atoms with Gasteiger partial charge in [0.15, 0.2) is 0 Å². The van der Waals surface area contributed by atoms with Gasteiger partial charge in [-0.2, -0.15) is 47.9 Å². The first kappa shape index (κ1) is 30.1. The third kappa shape index (κ3) is 4.87. The Bertz CT molecular complexity index is 1310. The lowest BCUT2D eigenvalue weighted by molar-refractivity contribution is -0.382. The van der Waals surface area contributed by atoms with Crippen LogP contribution in [0.3, 0.4) is 0 Å². The minimum atomic E-state index is -7.41. The van der Waals surface area contributed by atoms with Crippen molar-refractivity contribution < 1.29 is 65.8 Å². The molecule has 0 spiro atoms. The Morgan fingerprint density at radius 1 is 0.868 bits per heavy atom. The lowest BCUT2D eigenvalue weighted by Crippen LogP contribution is -2.63. The van der Waals surface area contributed by atoms with E-state index in [9.17, 15) is 52.7 Å². The summed E-state index contributed by atoms with van der Waals surface area (Å²) in [7, 11) is -10.6. The number of hydrogen-bond acceptors (Lipinski definition) is 6. The maximum atomic E-state index is 14.4. The molecule has 1 aliphatic rings. The van der Waals surface area contributed by atoms with Crippen LogP contribution in [0.2, 0.25) is 0 Å². The Hall–Kier alpha value is -2.40. The average molecular weight is 602 g/mol. The average Bonchev–Trinajstić information content (AvgIpc) is 3.27. The first-order chi connectivity index (χ1) is 17.3. The second-order valence-corrected chi connectivity index (χ2v) is 12.9. The fourth-order valence-corrected chi connectivity index (χ4v) is 9.60. The zero-order chi connectivity index (χ0) is 28.8. The summed E-state index contributed by atoms with van der Waals surface area (Å²) in [4.78, 5) is 11.7. The number of fused-ring (bicyclic) bond motifs is 1. The van der Waals surface area contributed by atoms with E-state index in [1.807, 2.05) is 0 Å². The van der Waals surface area contributed by atoms with Gasteiger partial charge in [-0.3, -0.25) is 0 Å². The molecular formula is C21H19F9O6S2. The molecule has 1 fully saturated rings. The van der Waals surface area contributed by atoms with Crippen molar-refractivity contribution in [1.82, 2.24) is 0 Å². The number of ether oxygens (including phenoxy) is 2. The van der Waals surface area contributed by atoms with E-state index in [1.54, 1.807) is 0 Å². The van der Waals surface area contributed by atoms with Gasteiger partial charge in [-0.15, -0.1) is 0 Å². The largest absolute Gasteiger partial charge is 0.513 e. The van der Waals surface area contributed by atoms with Crippen LogP contribution in [0.5, 0.6) is 5.75 Å². The van der Waals surface area contributed by atoms with E-state index in [0.29, 0.717) is 0 Å². The van der Waals surface area contributed by atoms with Crippen LogP contribution in [-0.4, -0.2) is 56.0 Å². The molecule has 0 N–H and O–H groups in total. The molecule has 0 amide bonds. The molecule has 0 unspecified atom stereocenters. The molecule has 38 heavy (non-hydrogen) atoms. The van der Waals surface area contributed by atoms with Gasteiger partial charge in [0.1, 0.15) is 5.75 Å². The predicted octanol–water partition coefficient (Wildman–Crippen LogP) is 7.02. The fourth-order valence-electron chi connectivity index (χ4n) is 3.72. The molecule has 214 valence electrons. The van der Waals surface area contributed by atoms with Crippen molar-refractivity contribution in [3.63, 3.8) is 0 Å². The highest BCUT2D eigenvalue weighted by Crippen LogP contribution is 2.66. The van der Waals surface area contributed by atoms with Crippen LogP contribution < -0.4 is 4.74 Å². The zero-order valence-corrected chi connectivity index (χ0v) is 20.8. The standard InChI is InChI=1S/C21H19F9O6S2/c1-2-34-17(31)35-15-9-10-16(14-8-4-3-7-13(14)15)37(11-5-6-12-37)36-38(32,33)21(29,30)19(24,25)18(22,23)20(26,27)28/h3-4,7-10H,2,5-6,11-12H2,1H3. The van der Waals surface area contributed by atoms with Crippen LogP contribution in [0.1, 0.15) is 19.8 Å². The number of carbonyl (C=O) groups is 1. The number of alkyl halides is 9. The molecule has 0 aliphatic carbocycles. The summed E-state index contributed by atoms with van der Waals surface area (Å²) in [5, 5.41) is -6.76. The van der Waals surface area contributed by atoms with Gasteiger partial charge in [0.25, 0.3) is 0 Å². The summed E-state index contributed by atoms with van der Waals surface area (Å²) < 4.78 is 160. The highest BCUT2D eigenvalue weighted by atomic mass is 32.3. The van der Waals surface area contributed by atoms with Crippen LogP contribution >= 0.6 is 10.3 Å². The lowest BCUT2D eigenvalue weighted by Gasteiger charge is -2.38. The number of rotatable bonds is 8. The normalized spacial score (nSPS) is 17.8. The third-order valence-electron chi connectivity index (χ3n) is 5.55. The van der Waals surface area contributed by atoms with E-state index in [4.69, 9.17) is 4.74 Å². The van der Waals surface area contributed by atoms with Gasteiger partial charge >= 0.3 is 39.5 Å². The number of hydrogen-bond donors (Lipinski definition) is 0. The van der Waals surface area contributed by atoms with E-state index < -0.39 is 49.9 Å². The summed E-state index contributed by atoms with van der Waals surface area (Å²) in [5.41, 5.74) is 0. The number of benzene rings is 2. The smallest absolute Gasteiger partial charge is 0.434 e. The van der Waals surface area contributed by atoms with Crippen molar-refractivity contribution in [2.75, 3.05) is 18.1 Å². The second kappa shape index (κ2) is 9.97. The van der Waals surface area contributed by atoms with Crippen LogP contribution in [0.15, 0.2) is 41.3 Å². The highest BCUT2D eigenvalue weighted by molar-refractivity contribution is 8.33. The molecule has 0 atom stereocenters. The molecule has 0 bridgehead atoms. The van der Waals surface area contributed by atoms with Crippen molar-refractivity contribution in [3.05, 3.63) is 36.4 Å². The maximum absolute atomic E-state index is 14.4. The third-order valence-corrected chi connectivity index (χ3v) is 11.2. The topological polar surface area (TPSA) is 78.9 Å². The van der Waals surface area contributed by atoms with E-state index >= 15 is 0 Å². The van der Waals surface area contributed by atoms with Crippen molar-refractivity contribution >= 4 is 37.4 Å². The molecule has 0 saturated carbocycles. The Kier molecular flexibility index (Phi) is 7.91. The molecule has 0 aromatic heterocycles. The van der Waals surface area contributed by atoms with Crippen LogP contribution in [-0.2, 0) is 18.5 Å². The second-order valence-electron chi connectivity index (χ2n) is 8.01. The van der Waals surface area contributed by atoms with Crippen molar-refractivity contribution in [2.24, 2.45) is 0 Å². The molecular weight excluding hydrogens is 583 g/mol. The van der Waals surface area contributed by atoms with Gasteiger partial charge in [0.05, 0.1) is 6.61 Å². The van der Waals surface area contributed by atoms with Crippen LogP contribution in [0.25, 0.3) is 10.8 Å². The quantitative estimate of drug-likeness (QED) is 0.184. The Balaban J connectivity index is 2.12. The van der Waals surface area contributed by atoms with E-state index in [0.717, 1.165) is 12.1 Å². The number of carbonyl (C=O) groups excluding carboxylic acids is 1. The summed E-state index contributed by atoms with van der Waals surface area (Å²) in [6, 6.07) is 7.86. The molecule has 2 aromatic carbocycles. The Morgan fingerprint density at radius 2 is 1.42 bits per heavy atom. The molecule has 1 aliphatic heterocycles. The molecule has 0 radical (unpaired) electrons. The van der Waals surface area contributed by atoms with Crippen LogP contribution in [0.4, 0.5) is 44.3 Å². The molecule has 6 nitrogen and oxygen atoms in total. The molecule has 1 saturated heterocycles. The lowest BCUT2D eigenvalue weighted by atomic mass is 10.1. The van der Waals surface area contributed by atoms with Gasteiger partial charge in [-0.05, 0) is 37.3 Å². The van der Waals surface area contributed by atoms with Crippen molar-refractivity contribution in [2.45, 2.75) is 47.9 Å². The van der Waals surface area contributed by atoms with Gasteiger partial charge < -0.3 is 9.47 Å². The fraction of sp³-hybridized carbons (Fsp3) is 0.476. The van der Waals surface area contributed by atoms with E-state index in [2.05, 4.69) is 8.37 Å². The van der Waals surface area contributed by atoms with E-state index in [1.165, 1.54) is 31.2 Å². The molecule has 17 heteroatoms. The molecule has 3 rings (SSSR count). The summed E-state index contributed by atoms with van der Waals surface area (Å²) >= 11 is 0. The Morgan fingerprint density at radius 3 is 1.95 bits per heavy atom. The number of halogens is 9. The van der Waals surface area contributed by atoms with Gasteiger partial charge in [0, 0.05) is 21.8 Å². The SMILES string of the molecule is CCOC(=O)Oc1ccc(S2(OS(=O)(=O)C(F)(F)C(F)(F)C(F)(F)C(F)(F)F)CCCC2)c2ccccc12. The maximum Gasteiger partial charge on any atom is 0.513 e. The Labute approximate surface area is 211 Å². The predicted molar refractivity (Wildman–Crippen MR) is 117 cm³/mol. The minimum absolute atomic E-state index is 0.0416. The summed E-state index contributed by atoms with van der Waals surface area (Å²) in [6.45, 7) is 1.46. The van der Waals surface area contributed by atoms with Crippen LogP contribution in [0, 0.1) is 0 Å².